The summed E-state index contributed by atoms with van der Waals surface area (Å²) in [6.07, 6.45) is 9.95. The van der Waals surface area contributed by atoms with Crippen molar-refractivity contribution in [3.8, 4) is 0 Å². The number of hydrogen-bond acceptors (Lipinski definition) is 1. The average molecular weight is 177 g/mol. The van der Waals surface area contributed by atoms with Crippen molar-refractivity contribution in [2.75, 3.05) is 0 Å². The van der Waals surface area contributed by atoms with Gasteiger partial charge in [0.2, 0.25) is 5.91 Å². The second-order valence-electron chi connectivity index (χ2n) is 3.57. The fourth-order valence-electron chi connectivity index (χ4n) is 1.28. The first-order valence-electron chi connectivity index (χ1n) is 4.36. The maximum Gasteiger partial charge on any atom is 0.217 e. The molecule has 1 unspecified atom stereocenters. The van der Waals surface area contributed by atoms with E-state index in [0.717, 1.165) is 0 Å². The molecule has 2 heteroatoms. The van der Waals surface area contributed by atoms with Crippen LogP contribution in [0.3, 0.4) is 0 Å². The SMILES string of the molecule is CC(=O)NC1(C)C=CC=C(C)C=C1. The van der Waals surface area contributed by atoms with E-state index in [2.05, 4.69) is 5.32 Å². The first-order valence-corrected chi connectivity index (χ1v) is 4.36. The molecule has 0 fully saturated rings. The quantitative estimate of drug-likeness (QED) is 0.651. The summed E-state index contributed by atoms with van der Waals surface area (Å²) in [7, 11) is 0. The summed E-state index contributed by atoms with van der Waals surface area (Å²) in [4.78, 5) is 10.9. The van der Waals surface area contributed by atoms with E-state index >= 15 is 0 Å². The topological polar surface area (TPSA) is 29.1 Å². The van der Waals surface area contributed by atoms with Gasteiger partial charge in [-0.05, 0) is 13.8 Å². The Morgan fingerprint density at radius 2 is 2.15 bits per heavy atom. The Bertz CT molecular complexity index is 299. The molecule has 1 rings (SSSR count). The Morgan fingerprint density at radius 3 is 2.77 bits per heavy atom. The highest BCUT2D eigenvalue weighted by Gasteiger charge is 2.18. The highest BCUT2D eigenvalue weighted by atomic mass is 16.1. The molecule has 0 spiro atoms. The molecule has 0 aromatic heterocycles. The van der Waals surface area contributed by atoms with E-state index in [0.29, 0.717) is 0 Å². The predicted molar refractivity (Wildman–Crippen MR) is 54.3 cm³/mol. The van der Waals surface area contributed by atoms with Crippen molar-refractivity contribution in [3.63, 3.8) is 0 Å². The van der Waals surface area contributed by atoms with Gasteiger partial charge >= 0.3 is 0 Å². The maximum absolute atomic E-state index is 10.9. The van der Waals surface area contributed by atoms with Gasteiger partial charge in [-0.2, -0.15) is 0 Å². The highest BCUT2D eigenvalue weighted by molar-refractivity contribution is 5.74. The Labute approximate surface area is 79.0 Å². The molecule has 0 bridgehead atoms. The van der Waals surface area contributed by atoms with Crippen LogP contribution >= 0.6 is 0 Å². The number of amides is 1. The average Bonchev–Trinajstić information content (AvgIpc) is 2.12. The smallest absolute Gasteiger partial charge is 0.217 e. The highest BCUT2D eigenvalue weighted by Crippen LogP contribution is 2.13. The van der Waals surface area contributed by atoms with E-state index in [1.165, 1.54) is 12.5 Å². The summed E-state index contributed by atoms with van der Waals surface area (Å²) in [6.45, 7) is 5.52. The van der Waals surface area contributed by atoms with Crippen LogP contribution in [0.25, 0.3) is 0 Å². The van der Waals surface area contributed by atoms with E-state index in [-0.39, 0.29) is 11.4 Å². The van der Waals surface area contributed by atoms with E-state index < -0.39 is 0 Å². The lowest BCUT2D eigenvalue weighted by atomic mass is 10.0. The van der Waals surface area contributed by atoms with Crippen molar-refractivity contribution < 1.29 is 4.79 Å². The second kappa shape index (κ2) is 3.60. The van der Waals surface area contributed by atoms with Crippen LogP contribution < -0.4 is 5.32 Å². The Kier molecular flexibility index (Phi) is 2.71. The number of rotatable bonds is 1. The molecule has 13 heavy (non-hydrogen) atoms. The van der Waals surface area contributed by atoms with Crippen molar-refractivity contribution in [2.45, 2.75) is 26.3 Å². The standard InChI is InChI=1S/C11H15NO/c1-9-5-4-7-11(3,8-6-9)12-10(2)13/h4-8H,1-3H3,(H,12,13). The second-order valence-corrected chi connectivity index (χ2v) is 3.57. The molecule has 0 aliphatic heterocycles. The molecule has 70 valence electrons. The lowest BCUT2D eigenvalue weighted by molar-refractivity contribution is -0.119. The third kappa shape index (κ3) is 2.90. The van der Waals surface area contributed by atoms with Crippen LogP contribution in [0.4, 0.5) is 0 Å². The van der Waals surface area contributed by atoms with E-state index in [1.54, 1.807) is 0 Å². The molecule has 1 aliphatic rings. The van der Waals surface area contributed by atoms with Gasteiger partial charge in [0.25, 0.3) is 0 Å². The van der Waals surface area contributed by atoms with E-state index in [1.807, 2.05) is 44.2 Å². The molecule has 1 aliphatic carbocycles. The molecule has 1 N–H and O–H groups in total. The molecule has 1 atom stereocenters. The van der Waals surface area contributed by atoms with E-state index in [9.17, 15) is 4.79 Å². The number of nitrogens with one attached hydrogen (secondary N) is 1. The van der Waals surface area contributed by atoms with Crippen molar-refractivity contribution in [1.82, 2.24) is 5.32 Å². The van der Waals surface area contributed by atoms with E-state index in [4.69, 9.17) is 0 Å². The minimum atomic E-state index is -0.347. The largest absolute Gasteiger partial charge is 0.344 e. The predicted octanol–water partition coefficient (Wildman–Crippen LogP) is 1.95. The molecule has 2 nitrogen and oxygen atoms in total. The number of carbonyl (C=O) groups excluding carboxylic acids is 1. The number of carbonyl (C=O) groups is 1. The molecule has 0 radical (unpaired) electrons. The van der Waals surface area contributed by atoms with Crippen LogP contribution in [-0.4, -0.2) is 11.4 Å². The fourth-order valence-corrected chi connectivity index (χ4v) is 1.28. The van der Waals surface area contributed by atoms with Crippen LogP contribution in [0.2, 0.25) is 0 Å². The van der Waals surface area contributed by atoms with Gasteiger partial charge in [0.15, 0.2) is 0 Å². The first-order chi connectivity index (χ1) is 6.02. The zero-order valence-corrected chi connectivity index (χ0v) is 8.29. The van der Waals surface area contributed by atoms with Gasteiger partial charge in [-0.1, -0.05) is 36.0 Å². The Balaban J connectivity index is 2.83. The van der Waals surface area contributed by atoms with Crippen LogP contribution in [0.1, 0.15) is 20.8 Å². The summed E-state index contributed by atoms with van der Waals surface area (Å²) >= 11 is 0. The summed E-state index contributed by atoms with van der Waals surface area (Å²) in [5.74, 6) is -0.0173. The minimum absolute atomic E-state index is 0.0173. The molecule has 0 aromatic carbocycles. The molecular weight excluding hydrogens is 162 g/mol. The van der Waals surface area contributed by atoms with Gasteiger partial charge in [0.05, 0.1) is 5.54 Å². The van der Waals surface area contributed by atoms with Gasteiger partial charge in [0.1, 0.15) is 0 Å². The third-order valence-electron chi connectivity index (χ3n) is 1.94. The summed E-state index contributed by atoms with van der Waals surface area (Å²) in [6, 6.07) is 0. The first kappa shape index (κ1) is 9.78. The van der Waals surface area contributed by atoms with Gasteiger partial charge in [-0.15, -0.1) is 0 Å². The molecule has 0 aromatic rings. The van der Waals surface area contributed by atoms with Gasteiger partial charge in [0, 0.05) is 6.92 Å². The zero-order valence-electron chi connectivity index (χ0n) is 8.29. The van der Waals surface area contributed by atoms with Gasteiger partial charge in [-0.3, -0.25) is 4.79 Å². The lowest BCUT2D eigenvalue weighted by Crippen LogP contribution is -2.41. The van der Waals surface area contributed by atoms with Crippen LogP contribution in [0.15, 0.2) is 36.0 Å². The van der Waals surface area contributed by atoms with Gasteiger partial charge in [-0.25, -0.2) is 0 Å². The molecule has 0 heterocycles. The Morgan fingerprint density at radius 1 is 1.46 bits per heavy atom. The third-order valence-corrected chi connectivity index (χ3v) is 1.94. The van der Waals surface area contributed by atoms with Crippen molar-refractivity contribution in [2.24, 2.45) is 0 Å². The summed E-state index contributed by atoms with van der Waals surface area (Å²) in [5, 5.41) is 2.87. The van der Waals surface area contributed by atoms with Crippen molar-refractivity contribution in [1.29, 1.82) is 0 Å². The monoisotopic (exact) mass is 177 g/mol. The summed E-state index contributed by atoms with van der Waals surface area (Å²) < 4.78 is 0. The normalized spacial score (nSPS) is 26.5. The molecular formula is C11H15NO. The van der Waals surface area contributed by atoms with Crippen LogP contribution in [0.5, 0.6) is 0 Å². The van der Waals surface area contributed by atoms with Gasteiger partial charge < -0.3 is 5.32 Å². The van der Waals surface area contributed by atoms with Crippen molar-refractivity contribution >= 4 is 5.91 Å². The fraction of sp³-hybridized carbons (Fsp3) is 0.364. The van der Waals surface area contributed by atoms with Crippen LogP contribution in [0, 0.1) is 0 Å². The summed E-state index contributed by atoms with van der Waals surface area (Å²) in [5.41, 5.74) is 0.838. The van der Waals surface area contributed by atoms with Crippen LogP contribution in [-0.2, 0) is 4.79 Å². The lowest BCUT2D eigenvalue weighted by Gasteiger charge is -2.22. The minimum Gasteiger partial charge on any atom is -0.344 e. The van der Waals surface area contributed by atoms with Crippen molar-refractivity contribution in [3.05, 3.63) is 36.0 Å². The molecule has 1 amide bonds. The molecule has 0 saturated heterocycles. The number of hydrogen-bond donors (Lipinski definition) is 1. The maximum atomic E-state index is 10.9. The Hall–Kier alpha value is -1.31. The zero-order chi connectivity index (χ0) is 9.90. The molecule has 0 saturated carbocycles. The number of allylic oxidation sites excluding steroid dienone is 4.